The van der Waals surface area contributed by atoms with Crippen LogP contribution in [0, 0.1) is 0 Å². The van der Waals surface area contributed by atoms with E-state index in [1.807, 2.05) is 141 Å². The summed E-state index contributed by atoms with van der Waals surface area (Å²) in [4.78, 5) is 128. The normalized spacial score (nSPS) is 12.5. The number of nitrogens with one attached hydrogen (secondary N) is 20. The van der Waals surface area contributed by atoms with Crippen LogP contribution in [0.15, 0.2) is 97.1 Å². The molecular formula is C106H163N31O13. The monoisotopic (exact) mass is 2080 g/mol. The average Bonchev–Trinajstić information content (AvgIpc) is 0.740. The molecule has 820 valence electrons. The second-order valence-electron chi connectivity index (χ2n) is 37.9. The zero-order valence-corrected chi connectivity index (χ0v) is 89.6. The molecule has 8 aromatic carbocycles. The predicted molar refractivity (Wildman–Crippen MR) is 608 cm³/mol. The van der Waals surface area contributed by atoms with Gasteiger partial charge in [0.05, 0.1) is 123 Å². The Morgan fingerprint density at radius 1 is 0.167 bits per heavy atom. The molecule has 0 aromatic heterocycles. The molecule has 12 rings (SSSR count). The van der Waals surface area contributed by atoms with E-state index in [1.165, 1.54) is 0 Å². The fraction of sp³-hybridized carbons (Fsp3) is 0.472. The number of fused-ring (bicyclic) bond motifs is 8. The van der Waals surface area contributed by atoms with E-state index in [0.29, 0.717) is 308 Å². The largest absolute Gasteiger partial charge is 0.395 e. The highest BCUT2D eigenvalue weighted by Crippen LogP contribution is 2.48. The van der Waals surface area contributed by atoms with Crippen LogP contribution < -0.4 is 129 Å². The van der Waals surface area contributed by atoms with Crippen molar-refractivity contribution in [3.63, 3.8) is 0 Å². The quantitative estimate of drug-likeness (QED) is 0.0192. The van der Waals surface area contributed by atoms with Gasteiger partial charge < -0.3 is 168 Å². The third-order valence-electron chi connectivity index (χ3n) is 24.6. The average molecular weight is 2080 g/mol. The number of carbonyl (C=O) groups is 8. The molecule has 0 heterocycles. The molecular weight excluding hydrogens is 1920 g/mol. The lowest BCUT2D eigenvalue weighted by molar-refractivity contribution is 0.0981. The Kier molecular flexibility index (Phi) is 49.9. The molecule has 33 N–H and O–H groups in total. The molecule has 4 aliphatic rings. The van der Waals surface area contributed by atoms with E-state index in [-0.39, 0.29) is 109 Å². The van der Waals surface area contributed by atoms with E-state index in [9.17, 15) is 43.5 Å². The van der Waals surface area contributed by atoms with Gasteiger partial charge in [-0.25, -0.2) is 0 Å². The van der Waals surface area contributed by atoms with Crippen LogP contribution in [-0.2, 0) is 0 Å². The zero-order chi connectivity index (χ0) is 109. The minimum absolute atomic E-state index is 0.0897. The molecule has 0 spiro atoms. The molecule has 0 bridgehead atoms. The number of hydrogen-bond donors (Lipinski definition) is 29. The number of likely N-dealkylation sites (N-methyl/N-ethyl adjacent to an activating group) is 7. The van der Waals surface area contributed by atoms with Gasteiger partial charge in [0, 0.05) is 294 Å². The van der Waals surface area contributed by atoms with Gasteiger partial charge in [-0.3, -0.25) is 59.6 Å². The summed E-state index contributed by atoms with van der Waals surface area (Å²) in [5, 5.41) is 109. The van der Waals surface area contributed by atoms with Crippen molar-refractivity contribution < 1.29 is 63.9 Å². The number of anilines is 16. The van der Waals surface area contributed by atoms with Crippen LogP contribution in [0.3, 0.4) is 0 Å². The first kappa shape index (κ1) is 121. The highest BCUT2D eigenvalue weighted by Gasteiger charge is 2.43. The molecule has 0 aliphatic heterocycles. The molecule has 8 aromatic rings. The van der Waals surface area contributed by atoms with Crippen molar-refractivity contribution >= 4 is 137 Å². The van der Waals surface area contributed by atoms with E-state index in [1.54, 1.807) is 54.6 Å². The van der Waals surface area contributed by atoms with E-state index in [4.69, 9.17) is 43.4 Å². The summed E-state index contributed by atoms with van der Waals surface area (Å²) >= 11 is 0. The van der Waals surface area contributed by atoms with E-state index < -0.39 is 0 Å². The third-order valence-corrected chi connectivity index (χ3v) is 24.6. The smallest absolute Gasteiger partial charge is 0.198 e. The lowest BCUT2D eigenvalue weighted by Gasteiger charge is -2.28. The number of carbonyl (C=O) groups excluding carboxylic acids is 8. The fourth-order valence-corrected chi connectivity index (χ4v) is 17.3. The van der Waals surface area contributed by atoms with Crippen LogP contribution in [0.2, 0.25) is 0 Å². The third kappa shape index (κ3) is 32.6. The van der Waals surface area contributed by atoms with E-state index >= 15 is 0 Å². The van der Waals surface area contributed by atoms with Crippen molar-refractivity contribution in [2.75, 3.05) is 420 Å². The Morgan fingerprint density at radius 2 is 0.273 bits per heavy atom. The van der Waals surface area contributed by atoms with Gasteiger partial charge in [0.2, 0.25) is 0 Å². The molecule has 0 atom stereocenters. The van der Waals surface area contributed by atoms with Crippen molar-refractivity contribution in [3.05, 3.63) is 186 Å². The number of ketones is 8. The summed E-state index contributed by atoms with van der Waals surface area (Å²) in [5.74, 6) is -1.84. The van der Waals surface area contributed by atoms with Crippen LogP contribution in [0.4, 0.5) is 91.0 Å². The number of hydrogen-bond acceptors (Lipinski definition) is 44. The molecule has 44 heteroatoms. The van der Waals surface area contributed by atoms with Gasteiger partial charge in [-0.2, -0.15) is 0 Å². The summed E-state index contributed by atoms with van der Waals surface area (Å²) in [7, 11) is 28.0. The van der Waals surface area contributed by atoms with Crippen LogP contribution in [0.1, 0.15) is 127 Å². The lowest BCUT2D eigenvalue weighted by Crippen LogP contribution is -2.30. The second-order valence-corrected chi connectivity index (χ2v) is 37.9. The topological polar surface area (TPSA) is 605 Å². The number of nitrogens with two attached hydrogens (primary N) is 4. The summed E-state index contributed by atoms with van der Waals surface area (Å²) in [5.41, 5.74) is 37.6. The minimum Gasteiger partial charge on any atom is -0.395 e. The molecule has 44 nitrogen and oxygen atoms in total. The van der Waals surface area contributed by atoms with Crippen molar-refractivity contribution in [3.8, 4) is 0 Å². The second kappa shape index (κ2) is 62.1. The standard InChI is InChI=1S/C30H48N8O2.C28H43N7O3.C26H40N8O6.C22H32N8O2/c1-35(2)17-13-31-21-9-10-22(32-14-18-36(3)4)26-25(21)29(39)27-23(33-15-19-37(5)6)11-12-24(28(27)30(26)40)34-16-20-38(7)8;1-33(2)15-11-29-19-7-8-20(30-12-16-34(3)4)24-23(19)27(37)25-21(31-13-17-35(5)6)9-10-22(32-14-18-36)26(25)28(24)38;35-13-27-5-9-31-17-1-2-18(32-10-6-28-14-36)22-21(17)25(39)23-19(33-11-7-29-15-37)3-4-20(24(23)26(22)40)34-12-8-30-16-38;23-5-9-27-13-1-2-14(28-10-6-24)18-17(13)21(31)19-15(29-11-7-25)3-4-16(30-12-8-26)20(19)22(18)32/h9-12,31-34H,13-20H2,1-8H3;7-10,29-32,36H,11-18H2,1-6H3;1-4,27-38H,5-16H2;1-4,27-30H,5-12,23-26H2. The minimum atomic E-state index is -0.325. The van der Waals surface area contributed by atoms with Gasteiger partial charge in [0.1, 0.15) is 0 Å². The Hall–Kier alpha value is -12.9. The van der Waals surface area contributed by atoms with Gasteiger partial charge in [0.15, 0.2) is 46.3 Å². The van der Waals surface area contributed by atoms with Crippen molar-refractivity contribution in [1.29, 1.82) is 0 Å². The lowest BCUT2D eigenvalue weighted by atomic mass is 9.80. The Bertz CT molecular complexity index is 5320. The maximum atomic E-state index is 14.4. The van der Waals surface area contributed by atoms with Crippen molar-refractivity contribution in [2.24, 2.45) is 22.9 Å². The van der Waals surface area contributed by atoms with Gasteiger partial charge in [-0.1, -0.05) is 0 Å². The van der Waals surface area contributed by atoms with E-state index in [0.717, 1.165) is 45.8 Å². The van der Waals surface area contributed by atoms with Gasteiger partial charge in [-0.15, -0.1) is 0 Å². The number of aliphatic hydroxyl groups is 5. The number of benzene rings is 8. The Balaban J connectivity index is 0.000000223. The molecule has 0 radical (unpaired) electrons. The van der Waals surface area contributed by atoms with Crippen LogP contribution in [0.5, 0.6) is 0 Å². The number of nitrogens with zero attached hydrogens (tertiary/aromatic N) is 7. The fourth-order valence-electron chi connectivity index (χ4n) is 17.3. The zero-order valence-electron chi connectivity index (χ0n) is 89.6. The summed E-state index contributed by atoms with van der Waals surface area (Å²) in [6.45, 7) is 16.3. The number of aliphatic hydroxyl groups excluding tert-OH is 5. The highest BCUT2D eigenvalue weighted by molar-refractivity contribution is 6.38. The molecule has 0 saturated heterocycles. The van der Waals surface area contributed by atoms with Crippen LogP contribution >= 0.6 is 0 Å². The summed E-state index contributed by atoms with van der Waals surface area (Å²) in [6, 6.07) is 29.2. The van der Waals surface area contributed by atoms with Crippen molar-refractivity contribution in [1.82, 2.24) is 55.6 Å². The van der Waals surface area contributed by atoms with Gasteiger partial charge >= 0.3 is 0 Å². The molecule has 4 aliphatic carbocycles. The summed E-state index contributed by atoms with van der Waals surface area (Å²) in [6.07, 6.45) is 0. The van der Waals surface area contributed by atoms with Crippen molar-refractivity contribution in [2.45, 2.75) is 0 Å². The predicted octanol–water partition coefficient (Wildman–Crippen LogP) is 2.35. The maximum Gasteiger partial charge on any atom is 0.198 e. The van der Waals surface area contributed by atoms with Gasteiger partial charge in [0.25, 0.3) is 0 Å². The first-order valence-corrected chi connectivity index (χ1v) is 51.1. The maximum absolute atomic E-state index is 14.4. The molecule has 0 amide bonds. The van der Waals surface area contributed by atoms with Gasteiger partial charge in [-0.05, 0) is 196 Å². The Labute approximate surface area is 881 Å². The molecule has 0 unspecified atom stereocenters. The highest BCUT2D eigenvalue weighted by atomic mass is 16.3. The number of rotatable bonds is 63. The first-order chi connectivity index (χ1) is 72.3. The SMILES string of the molecule is CN(C)CCNc1ccc(NCCN(C)C)c2c1C(=O)c1c(NCCN(C)C)ccc(NCCN(C)C)c1C2=O.CN(C)CCNc1ccc(NCCO)c2c1C(=O)c1c(NCCN(C)C)ccc(NCCN(C)C)c1C2=O.NCCNc1ccc(NCCN)c2c1C(=O)c1c(NCCN)ccc(NCCN)c1C2=O.O=C1c2c(NCCNCO)ccc(NCCNCO)c2C(=O)c2c(NCCNCO)ccc(NCCNCO)c21. The molecule has 150 heavy (non-hydrogen) atoms. The van der Waals surface area contributed by atoms with Crippen LogP contribution in [0.25, 0.3) is 0 Å². The van der Waals surface area contributed by atoms with E-state index in [2.05, 4.69) is 141 Å². The molecule has 0 fully saturated rings. The first-order valence-electron chi connectivity index (χ1n) is 51.1. The Morgan fingerprint density at radius 3 is 0.373 bits per heavy atom. The summed E-state index contributed by atoms with van der Waals surface area (Å²) < 4.78 is 0. The molecule has 0 saturated carbocycles. The van der Waals surface area contributed by atoms with Crippen LogP contribution in [-0.4, -0.2) is 441 Å².